The highest BCUT2D eigenvalue weighted by Crippen LogP contribution is 2.19. The van der Waals surface area contributed by atoms with Crippen molar-refractivity contribution >= 4 is 5.91 Å². The minimum Gasteiger partial charge on any atom is -0.377 e. The van der Waals surface area contributed by atoms with Gasteiger partial charge < -0.3 is 10.1 Å². The predicted octanol–water partition coefficient (Wildman–Crippen LogP) is 4.12. The quantitative estimate of drug-likeness (QED) is 0.704. The molecule has 3 heteroatoms. The van der Waals surface area contributed by atoms with E-state index < -0.39 is 0 Å². The van der Waals surface area contributed by atoms with Gasteiger partial charge in [-0.05, 0) is 37.3 Å². The monoisotopic (exact) mass is 325 g/mol. The SMILES string of the molecule is CC(=O)NC(C)(CCOCc1ccccc1)CCc1ccccc1. The molecule has 0 heterocycles. The molecule has 2 rings (SSSR count). The third-order valence-corrected chi connectivity index (χ3v) is 4.20. The number of ether oxygens (including phenoxy) is 1. The number of carbonyl (C=O) groups is 1. The number of carbonyl (C=O) groups excluding carboxylic acids is 1. The van der Waals surface area contributed by atoms with E-state index in [2.05, 4.69) is 36.5 Å². The van der Waals surface area contributed by atoms with Crippen molar-refractivity contribution in [1.82, 2.24) is 5.32 Å². The Bertz CT molecular complexity index is 612. The average molecular weight is 325 g/mol. The minimum absolute atomic E-state index is 0.00798. The maximum atomic E-state index is 11.6. The van der Waals surface area contributed by atoms with E-state index in [4.69, 9.17) is 4.74 Å². The van der Waals surface area contributed by atoms with E-state index in [1.165, 1.54) is 11.1 Å². The first kappa shape index (κ1) is 18.2. The van der Waals surface area contributed by atoms with Crippen LogP contribution < -0.4 is 5.32 Å². The minimum atomic E-state index is -0.252. The Hall–Kier alpha value is -2.13. The highest BCUT2D eigenvalue weighted by atomic mass is 16.5. The van der Waals surface area contributed by atoms with Crippen molar-refractivity contribution in [2.45, 2.75) is 45.3 Å². The molecule has 3 nitrogen and oxygen atoms in total. The van der Waals surface area contributed by atoms with E-state index >= 15 is 0 Å². The number of aryl methyl sites for hydroxylation is 1. The van der Waals surface area contributed by atoms with E-state index in [9.17, 15) is 4.79 Å². The molecule has 1 amide bonds. The Balaban J connectivity index is 1.83. The Morgan fingerprint density at radius 2 is 1.54 bits per heavy atom. The van der Waals surface area contributed by atoms with Crippen LogP contribution in [-0.4, -0.2) is 18.1 Å². The second-order valence-corrected chi connectivity index (χ2v) is 6.52. The Kier molecular flexibility index (Phi) is 7.01. The maximum absolute atomic E-state index is 11.6. The van der Waals surface area contributed by atoms with Crippen molar-refractivity contribution in [2.75, 3.05) is 6.61 Å². The molecule has 128 valence electrons. The lowest BCUT2D eigenvalue weighted by molar-refractivity contribution is -0.121. The highest BCUT2D eigenvalue weighted by molar-refractivity contribution is 5.73. The molecular weight excluding hydrogens is 298 g/mol. The lowest BCUT2D eigenvalue weighted by atomic mass is 9.90. The van der Waals surface area contributed by atoms with Gasteiger partial charge in [-0.15, -0.1) is 0 Å². The van der Waals surface area contributed by atoms with Gasteiger partial charge in [0, 0.05) is 19.1 Å². The van der Waals surface area contributed by atoms with Crippen LogP contribution in [0.1, 0.15) is 37.8 Å². The second-order valence-electron chi connectivity index (χ2n) is 6.52. The van der Waals surface area contributed by atoms with Gasteiger partial charge in [-0.2, -0.15) is 0 Å². The van der Waals surface area contributed by atoms with Crippen LogP contribution in [0.3, 0.4) is 0 Å². The lowest BCUT2D eigenvalue weighted by Crippen LogP contribution is -2.46. The van der Waals surface area contributed by atoms with Crippen LogP contribution in [0.5, 0.6) is 0 Å². The zero-order chi connectivity index (χ0) is 17.3. The summed E-state index contributed by atoms with van der Waals surface area (Å²) in [6.07, 6.45) is 2.63. The average Bonchev–Trinajstić information content (AvgIpc) is 2.58. The highest BCUT2D eigenvalue weighted by Gasteiger charge is 2.24. The fourth-order valence-corrected chi connectivity index (χ4v) is 2.80. The Morgan fingerprint density at radius 1 is 0.958 bits per heavy atom. The molecule has 2 aromatic rings. The summed E-state index contributed by atoms with van der Waals surface area (Å²) in [5.74, 6) is 0.00798. The van der Waals surface area contributed by atoms with E-state index in [0.29, 0.717) is 13.2 Å². The number of hydrogen-bond donors (Lipinski definition) is 1. The zero-order valence-corrected chi connectivity index (χ0v) is 14.6. The summed E-state index contributed by atoms with van der Waals surface area (Å²) in [5, 5.41) is 3.11. The maximum Gasteiger partial charge on any atom is 0.217 e. The molecular formula is C21H27NO2. The van der Waals surface area contributed by atoms with Crippen LogP contribution in [0.25, 0.3) is 0 Å². The molecule has 0 saturated heterocycles. The van der Waals surface area contributed by atoms with Crippen molar-refractivity contribution in [3.63, 3.8) is 0 Å². The molecule has 0 aliphatic rings. The molecule has 1 atom stereocenters. The molecule has 1 N–H and O–H groups in total. The van der Waals surface area contributed by atoms with Gasteiger partial charge in [-0.1, -0.05) is 60.7 Å². The fraction of sp³-hybridized carbons (Fsp3) is 0.381. The van der Waals surface area contributed by atoms with Gasteiger partial charge in [0.2, 0.25) is 5.91 Å². The van der Waals surface area contributed by atoms with Gasteiger partial charge >= 0.3 is 0 Å². The van der Waals surface area contributed by atoms with E-state index in [0.717, 1.165) is 19.3 Å². The molecule has 0 spiro atoms. The van der Waals surface area contributed by atoms with Crippen LogP contribution in [-0.2, 0) is 22.6 Å². The largest absolute Gasteiger partial charge is 0.377 e. The molecule has 0 aliphatic heterocycles. The number of hydrogen-bond acceptors (Lipinski definition) is 2. The molecule has 0 bridgehead atoms. The number of nitrogens with one attached hydrogen (secondary N) is 1. The fourth-order valence-electron chi connectivity index (χ4n) is 2.80. The third-order valence-electron chi connectivity index (χ3n) is 4.20. The zero-order valence-electron chi connectivity index (χ0n) is 14.6. The summed E-state index contributed by atoms with van der Waals surface area (Å²) >= 11 is 0. The molecule has 0 fully saturated rings. The van der Waals surface area contributed by atoms with Crippen molar-refractivity contribution in [3.05, 3.63) is 71.8 Å². The van der Waals surface area contributed by atoms with Crippen LogP contribution in [0.4, 0.5) is 0 Å². The molecule has 0 saturated carbocycles. The number of rotatable bonds is 9. The van der Waals surface area contributed by atoms with Gasteiger partial charge in [0.15, 0.2) is 0 Å². The van der Waals surface area contributed by atoms with E-state index in [1.807, 2.05) is 36.4 Å². The second kappa shape index (κ2) is 9.24. The van der Waals surface area contributed by atoms with Crippen molar-refractivity contribution < 1.29 is 9.53 Å². The molecule has 0 aromatic heterocycles. The first-order chi connectivity index (χ1) is 11.6. The predicted molar refractivity (Wildman–Crippen MR) is 97.7 cm³/mol. The van der Waals surface area contributed by atoms with Gasteiger partial charge in [-0.3, -0.25) is 4.79 Å². The van der Waals surface area contributed by atoms with E-state index in [1.54, 1.807) is 6.92 Å². The Morgan fingerprint density at radius 3 is 2.12 bits per heavy atom. The molecule has 0 radical (unpaired) electrons. The topological polar surface area (TPSA) is 38.3 Å². The number of amides is 1. The summed E-state index contributed by atoms with van der Waals surface area (Å²) < 4.78 is 5.80. The smallest absolute Gasteiger partial charge is 0.217 e. The number of benzene rings is 2. The summed E-state index contributed by atoms with van der Waals surface area (Å²) in [7, 11) is 0. The summed E-state index contributed by atoms with van der Waals surface area (Å²) in [6, 6.07) is 20.5. The van der Waals surface area contributed by atoms with Crippen molar-refractivity contribution in [3.8, 4) is 0 Å². The first-order valence-electron chi connectivity index (χ1n) is 8.52. The van der Waals surface area contributed by atoms with Crippen LogP contribution in [0, 0.1) is 0 Å². The summed E-state index contributed by atoms with van der Waals surface area (Å²) in [4.78, 5) is 11.6. The van der Waals surface area contributed by atoms with Crippen LogP contribution in [0.2, 0.25) is 0 Å². The van der Waals surface area contributed by atoms with Gasteiger partial charge in [0.05, 0.1) is 6.61 Å². The standard InChI is InChI=1S/C21H27NO2/c1-18(23)22-21(2,14-13-19-9-5-3-6-10-19)15-16-24-17-20-11-7-4-8-12-20/h3-12H,13-17H2,1-2H3,(H,22,23). The van der Waals surface area contributed by atoms with Gasteiger partial charge in [0.1, 0.15) is 0 Å². The van der Waals surface area contributed by atoms with Crippen molar-refractivity contribution in [1.29, 1.82) is 0 Å². The molecule has 2 aromatic carbocycles. The lowest BCUT2D eigenvalue weighted by Gasteiger charge is -2.30. The Labute approximate surface area is 145 Å². The molecule has 1 unspecified atom stereocenters. The van der Waals surface area contributed by atoms with Gasteiger partial charge in [-0.25, -0.2) is 0 Å². The third kappa shape index (κ3) is 6.55. The van der Waals surface area contributed by atoms with Gasteiger partial charge in [0.25, 0.3) is 0 Å². The molecule has 24 heavy (non-hydrogen) atoms. The molecule has 0 aliphatic carbocycles. The van der Waals surface area contributed by atoms with E-state index in [-0.39, 0.29) is 11.4 Å². The summed E-state index contributed by atoms with van der Waals surface area (Å²) in [6.45, 7) is 4.91. The van der Waals surface area contributed by atoms with Crippen molar-refractivity contribution in [2.24, 2.45) is 0 Å². The summed E-state index contributed by atoms with van der Waals surface area (Å²) in [5.41, 5.74) is 2.21. The normalized spacial score (nSPS) is 13.2. The van der Waals surface area contributed by atoms with Crippen LogP contribution >= 0.6 is 0 Å². The van der Waals surface area contributed by atoms with Crippen LogP contribution in [0.15, 0.2) is 60.7 Å². The first-order valence-corrected chi connectivity index (χ1v) is 8.52.